The number of carbonyl (C=O) groups excluding carboxylic acids is 3. The molecule has 0 radical (unpaired) electrons. The Labute approximate surface area is 87.7 Å². The molecule has 0 aliphatic rings. The van der Waals surface area contributed by atoms with E-state index in [2.05, 4.69) is 11.3 Å². The molecule has 1 N–H and O–H groups in total. The van der Waals surface area contributed by atoms with E-state index < -0.39 is 29.7 Å². The zero-order chi connectivity index (χ0) is 12.2. The molecule has 0 spiro atoms. The Bertz CT molecular complexity index is 314. The molecule has 0 rings (SSSR count). The summed E-state index contributed by atoms with van der Waals surface area (Å²) in [6, 6.07) is 0. The van der Waals surface area contributed by atoms with Gasteiger partial charge in [-0.3, -0.25) is 14.4 Å². The number of Topliss-reactive ketones (excluding diaryl/α,β-unsaturated/α-hetero) is 2. The molecule has 5 nitrogen and oxygen atoms in total. The molecular formula is C10H14O5. The summed E-state index contributed by atoms with van der Waals surface area (Å²) in [7, 11) is 0. The van der Waals surface area contributed by atoms with Crippen LogP contribution in [0.25, 0.3) is 0 Å². The first-order valence-corrected chi connectivity index (χ1v) is 4.30. The molecule has 1 atom stereocenters. The Kier molecular flexibility index (Phi) is 4.36. The van der Waals surface area contributed by atoms with E-state index >= 15 is 0 Å². The summed E-state index contributed by atoms with van der Waals surface area (Å²) in [4.78, 5) is 32.8. The number of ketones is 2. The maximum absolute atomic E-state index is 11.3. The Morgan fingerprint density at radius 1 is 1.33 bits per heavy atom. The van der Waals surface area contributed by atoms with Crippen LogP contribution >= 0.6 is 0 Å². The van der Waals surface area contributed by atoms with E-state index in [1.54, 1.807) is 0 Å². The predicted molar refractivity (Wildman–Crippen MR) is 51.8 cm³/mol. The Balaban J connectivity index is 4.50. The second-order valence-corrected chi connectivity index (χ2v) is 3.45. The third-order valence-corrected chi connectivity index (χ3v) is 1.51. The SMILES string of the molecule is C=C(C)C(=O)C(C)(O)OC(=O)CC(C)=O. The molecule has 0 aromatic carbocycles. The molecule has 15 heavy (non-hydrogen) atoms. The van der Waals surface area contributed by atoms with E-state index in [0.29, 0.717) is 0 Å². The first kappa shape index (κ1) is 13.5. The normalized spacial score (nSPS) is 13.9. The lowest BCUT2D eigenvalue weighted by Gasteiger charge is -2.21. The molecule has 84 valence electrons. The van der Waals surface area contributed by atoms with Gasteiger partial charge in [0.2, 0.25) is 5.78 Å². The van der Waals surface area contributed by atoms with Crippen LogP contribution in [0.15, 0.2) is 12.2 Å². The van der Waals surface area contributed by atoms with Gasteiger partial charge in [-0.05, 0) is 19.4 Å². The minimum Gasteiger partial charge on any atom is -0.425 e. The van der Waals surface area contributed by atoms with Crippen LogP contribution in [0.3, 0.4) is 0 Å². The van der Waals surface area contributed by atoms with Gasteiger partial charge < -0.3 is 9.84 Å². The van der Waals surface area contributed by atoms with Crippen molar-refractivity contribution >= 4 is 17.5 Å². The topological polar surface area (TPSA) is 80.7 Å². The zero-order valence-electron chi connectivity index (χ0n) is 8.99. The van der Waals surface area contributed by atoms with Gasteiger partial charge >= 0.3 is 5.97 Å². The molecule has 0 fully saturated rings. The summed E-state index contributed by atoms with van der Waals surface area (Å²) in [6.45, 7) is 6.94. The van der Waals surface area contributed by atoms with Crippen molar-refractivity contribution in [2.75, 3.05) is 0 Å². The zero-order valence-corrected chi connectivity index (χ0v) is 8.99. The molecule has 0 aliphatic heterocycles. The van der Waals surface area contributed by atoms with E-state index in [1.165, 1.54) is 13.8 Å². The molecule has 1 unspecified atom stereocenters. The van der Waals surface area contributed by atoms with Crippen molar-refractivity contribution in [3.05, 3.63) is 12.2 Å². The monoisotopic (exact) mass is 214 g/mol. The Morgan fingerprint density at radius 3 is 2.13 bits per heavy atom. The minimum atomic E-state index is -2.25. The fraction of sp³-hybridized carbons (Fsp3) is 0.500. The largest absolute Gasteiger partial charge is 0.425 e. The van der Waals surface area contributed by atoms with E-state index in [4.69, 9.17) is 0 Å². The van der Waals surface area contributed by atoms with Gasteiger partial charge in [0.25, 0.3) is 5.79 Å². The number of aliphatic hydroxyl groups is 1. The van der Waals surface area contributed by atoms with E-state index in [0.717, 1.165) is 6.92 Å². The lowest BCUT2D eigenvalue weighted by atomic mass is 10.1. The van der Waals surface area contributed by atoms with Crippen LogP contribution in [0, 0.1) is 0 Å². The fourth-order valence-electron chi connectivity index (χ4n) is 0.903. The molecule has 0 aromatic rings. The van der Waals surface area contributed by atoms with Crippen molar-refractivity contribution in [3.8, 4) is 0 Å². The molecule has 0 heterocycles. The highest BCUT2D eigenvalue weighted by Gasteiger charge is 2.34. The molecule has 0 bridgehead atoms. The number of carbonyl (C=O) groups is 3. The van der Waals surface area contributed by atoms with Gasteiger partial charge in [-0.15, -0.1) is 0 Å². The lowest BCUT2D eigenvalue weighted by molar-refractivity contribution is -0.201. The van der Waals surface area contributed by atoms with Crippen molar-refractivity contribution in [2.24, 2.45) is 0 Å². The molecule has 0 aliphatic carbocycles. The average molecular weight is 214 g/mol. The fourth-order valence-corrected chi connectivity index (χ4v) is 0.903. The minimum absolute atomic E-state index is 0.0654. The quantitative estimate of drug-likeness (QED) is 0.309. The van der Waals surface area contributed by atoms with Crippen molar-refractivity contribution in [1.82, 2.24) is 0 Å². The Morgan fingerprint density at radius 2 is 1.80 bits per heavy atom. The van der Waals surface area contributed by atoms with E-state index in [-0.39, 0.29) is 5.57 Å². The summed E-state index contributed by atoms with van der Waals surface area (Å²) in [5.41, 5.74) is 0.0654. The molecule has 0 amide bonds. The summed E-state index contributed by atoms with van der Waals surface area (Å²) in [5, 5.41) is 9.47. The van der Waals surface area contributed by atoms with Crippen LogP contribution < -0.4 is 0 Å². The second-order valence-electron chi connectivity index (χ2n) is 3.45. The van der Waals surface area contributed by atoms with Crippen LogP contribution in [-0.4, -0.2) is 28.4 Å². The van der Waals surface area contributed by atoms with Crippen LogP contribution in [0.4, 0.5) is 0 Å². The number of esters is 1. The van der Waals surface area contributed by atoms with Gasteiger partial charge in [0.15, 0.2) is 0 Å². The third kappa shape index (κ3) is 4.51. The van der Waals surface area contributed by atoms with E-state index in [1.807, 2.05) is 0 Å². The lowest BCUT2D eigenvalue weighted by Crippen LogP contribution is -2.40. The molecule has 0 saturated heterocycles. The number of hydrogen-bond donors (Lipinski definition) is 1. The van der Waals surface area contributed by atoms with Gasteiger partial charge in [-0.2, -0.15) is 0 Å². The molecule has 0 aromatic heterocycles. The van der Waals surface area contributed by atoms with Crippen LogP contribution in [0.5, 0.6) is 0 Å². The summed E-state index contributed by atoms with van der Waals surface area (Å²) in [5.74, 6) is -4.39. The van der Waals surface area contributed by atoms with E-state index in [9.17, 15) is 19.5 Å². The first-order valence-electron chi connectivity index (χ1n) is 4.30. The first-order chi connectivity index (χ1) is 6.66. The second kappa shape index (κ2) is 4.84. The predicted octanol–water partition coefficient (Wildman–Crippen LogP) is 0.362. The summed E-state index contributed by atoms with van der Waals surface area (Å²) < 4.78 is 4.46. The summed E-state index contributed by atoms with van der Waals surface area (Å²) in [6.07, 6.45) is -0.473. The molecular weight excluding hydrogens is 200 g/mol. The highest BCUT2D eigenvalue weighted by atomic mass is 16.7. The van der Waals surface area contributed by atoms with Gasteiger partial charge in [0.05, 0.1) is 0 Å². The molecule has 5 heteroatoms. The van der Waals surface area contributed by atoms with Crippen molar-refractivity contribution in [3.63, 3.8) is 0 Å². The number of ether oxygens (including phenoxy) is 1. The number of rotatable bonds is 5. The van der Waals surface area contributed by atoms with Gasteiger partial charge in [-0.1, -0.05) is 6.58 Å². The Hall–Kier alpha value is -1.49. The van der Waals surface area contributed by atoms with Crippen molar-refractivity contribution < 1.29 is 24.2 Å². The maximum Gasteiger partial charge on any atom is 0.316 e. The standard InChI is InChI=1S/C10H14O5/c1-6(2)9(13)10(4,14)15-8(12)5-7(3)11/h14H,1,5H2,2-4H3. The highest BCUT2D eigenvalue weighted by molar-refractivity contribution is 6.01. The molecule has 0 saturated carbocycles. The van der Waals surface area contributed by atoms with Crippen molar-refractivity contribution in [1.29, 1.82) is 0 Å². The van der Waals surface area contributed by atoms with Gasteiger partial charge in [-0.25, -0.2) is 0 Å². The smallest absolute Gasteiger partial charge is 0.316 e. The summed E-state index contributed by atoms with van der Waals surface area (Å²) >= 11 is 0. The van der Waals surface area contributed by atoms with Crippen LogP contribution in [-0.2, 0) is 19.1 Å². The third-order valence-electron chi connectivity index (χ3n) is 1.51. The van der Waals surface area contributed by atoms with Crippen LogP contribution in [0.1, 0.15) is 27.2 Å². The average Bonchev–Trinajstić information content (AvgIpc) is 1.99. The van der Waals surface area contributed by atoms with Gasteiger partial charge in [0, 0.05) is 6.92 Å². The van der Waals surface area contributed by atoms with Gasteiger partial charge in [0.1, 0.15) is 12.2 Å². The number of hydrogen-bond acceptors (Lipinski definition) is 5. The van der Waals surface area contributed by atoms with Crippen LogP contribution in [0.2, 0.25) is 0 Å². The van der Waals surface area contributed by atoms with Crippen molar-refractivity contribution in [2.45, 2.75) is 33.0 Å². The highest BCUT2D eigenvalue weighted by Crippen LogP contribution is 2.13. The maximum atomic E-state index is 11.3.